The maximum absolute atomic E-state index is 12.8. The molecule has 4 heterocycles. The Bertz CT molecular complexity index is 683. The predicted octanol–water partition coefficient (Wildman–Crippen LogP) is 1.40. The lowest BCUT2D eigenvalue weighted by Gasteiger charge is -2.42. The molecule has 3 aliphatic rings. The lowest BCUT2D eigenvalue weighted by molar-refractivity contribution is -0.136. The highest BCUT2D eigenvalue weighted by Gasteiger charge is 2.34. The molecule has 154 valence electrons. The summed E-state index contributed by atoms with van der Waals surface area (Å²) >= 11 is 0. The van der Waals surface area contributed by atoms with Crippen LogP contribution >= 0.6 is 0 Å². The molecule has 1 amide bonds. The zero-order valence-electron chi connectivity index (χ0n) is 16.9. The van der Waals surface area contributed by atoms with E-state index >= 15 is 0 Å². The molecule has 0 aromatic carbocycles. The summed E-state index contributed by atoms with van der Waals surface area (Å²) in [5.41, 5.74) is 5.85. The second kappa shape index (κ2) is 8.51. The molecule has 3 N–H and O–H groups in total. The molecule has 1 atom stereocenters. The number of piperidine rings is 2. The second-order valence-electron chi connectivity index (χ2n) is 8.30. The van der Waals surface area contributed by atoms with Crippen LogP contribution in [0.15, 0.2) is 6.07 Å². The van der Waals surface area contributed by atoms with Crippen molar-refractivity contribution < 1.29 is 4.79 Å². The number of nitrogens with two attached hydrogens (primary N) is 1. The van der Waals surface area contributed by atoms with Gasteiger partial charge in [0, 0.05) is 51.9 Å². The van der Waals surface area contributed by atoms with Crippen molar-refractivity contribution in [3.05, 3.63) is 6.07 Å². The number of nitrogen functional groups attached to an aromatic ring is 1. The van der Waals surface area contributed by atoms with Gasteiger partial charge < -0.3 is 20.9 Å². The number of carbonyl (C=O) groups is 1. The van der Waals surface area contributed by atoms with Crippen LogP contribution in [0.4, 0.5) is 17.6 Å². The number of nitrogens with one attached hydrogen (secondary N) is 1. The number of amides is 1. The Morgan fingerprint density at radius 3 is 2.54 bits per heavy atom. The first kappa shape index (κ1) is 19.2. The Morgan fingerprint density at radius 2 is 1.82 bits per heavy atom. The van der Waals surface area contributed by atoms with Gasteiger partial charge in [0.2, 0.25) is 11.9 Å². The molecule has 1 aromatic rings. The molecular weight excluding hydrogens is 354 g/mol. The van der Waals surface area contributed by atoms with Gasteiger partial charge in [-0.15, -0.1) is 0 Å². The Hall–Kier alpha value is -2.09. The summed E-state index contributed by atoms with van der Waals surface area (Å²) in [4.78, 5) is 28.4. The fourth-order valence-electron chi connectivity index (χ4n) is 4.94. The van der Waals surface area contributed by atoms with E-state index < -0.39 is 0 Å². The topological polar surface area (TPSA) is 90.6 Å². The highest BCUT2D eigenvalue weighted by atomic mass is 16.2. The first-order valence-corrected chi connectivity index (χ1v) is 10.7. The molecule has 8 heteroatoms. The summed E-state index contributed by atoms with van der Waals surface area (Å²) in [6.45, 7) is 5.91. The van der Waals surface area contributed by atoms with Crippen LogP contribution in [0.5, 0.6) is 0 Å². The monoisotopic (exact) mass is 387 g/mol. The SMILES string of the molecule is CNc1cc(N2CCC(N3CCCC(C(=O)N4CCCC4)C3)CC2)nc(N)n1. The van der Waals surface area contributed by atoms with Crippen LogP contribution in [0.25, 0.3) is 0 Å². The Morgan fingerprint density at radius 1 is 1.07 bits per heavy atom. The molecule has 1 unspecified atom stereocenters. The van der Waals surface area contributed by atoms with Crippen LogP contribution < -0.4 is 16.0 Å². The largest absolute Gasteiger partial charge is 0.373 e. The summed E-state index contributed by atoms with van der Waals surface area (Å²) in [6, 6.07) is 2.52. The first-order valence-electron chi connectivity index (χ1n) is 10.7. The molecular formula is C20H33N7O. The molecule has 0 radical (unpaired) electrons. The molecule has 0 bridgehead atoms. The smallest absolute Gasteiger partial charge is 0.226 e. The van der Waals surface area contributed by atoms with Crippen LogP contribution in [-0.4, -0.2) is 78.0 Å². The summed E-state index contributed by atoms with van der Waals surface area (Å²) in [6.07, 6.45) is 6.73. The maximum Gasteiger partial charge on any atom is 0.226 e. The second-order valence-corrected chi connectivity index (χ2v) is 8.30. The summed E-state index contributed by atoms with van der Waals surface area (Å²) in [5.74, 6) is 2.56. The number of anilines is 3. The van der Waals surface area contributed by atoms with Gasteiger partial charge in [-0.2, -0.15) is 9.97 Å². The zero-order valence-corrected chi connectivity index (χ0v) is 16.9. The third-order valence-electron chi connectivity index (χ3n) is 6.51. The summed E-state index contributed by atoms with van der Waals surface area (Å²) in [5, 5.41) is 3.04. The number of nitrogens with zero attached hydrogens (tertiary/aromatic N) is 5. The first-order chi connectivity index (χ1) is 13.6. The molecule has 4 rings (SSSR count). The molecule has 0 saturated carbocycles. The van der Waals surface area contributed by atoms with Crippen molar-refractivity contribution >= 4 is 23.5 Å². The zero-order chi connectivity index (χ0) is 19.5. The summed E-state index contributed by atoms with van der Waals surface area (Å²) in [7, 11) is 1.84. The van der Waals surface area contributed by atoms with Crippen LogP contribution in [0.3, 0.4) is 0 Å². The minimum absolute atomic E-state index is 0.199. The van der Waals surface area contributed by atoms with Crippen molar-refractivity contribution in [1.29, 1.82) is 0 Å². The normalized spacial score (nSPS) is 24.5. The Labute approximate surface area is 167 Å². The van der Waals surface area contributed by atoms with Crippen LogP contribution in [-0.2, 0) is 4.79 Å². The minimum Gasteiger partial charge on any atom is -0.373 e. The van der Waals surface area contributed by atoms with E-state index in [1.807, 2.05) is 13.1 Å². The van der Waals surface area contributed by atoms with Crippen LogP contribution in [0.2, 0.25) is 0 Å². The standard InChI is InChI=1S/C20H33N7O/c1-22-17-13-18(24-20(21)23-17)25-11-6-16(7-12-25)27-10-4-5-15(14-27)19(28)26-8-2-3-9-26/h13,15-16H,2-12,14H2,1H3,(H3,21,22,23,24). The van der Waals surface area contributed by atoms with Crippen molar-refractivity contribution in [3.8, 4) is 0 Å². The van der Waals surface area contributed by atoms with E-state index in [0.29, 0.717) is 17.9 Å². The molecule has 1 aromatic heterocycles. The summed E-state index contributed by atoms with van der Waals surface area (Å²) < 4.78 is 0. The van der Waals surface area contributed by atoms with Gasteiger partial charge in [-0.05, 0) is 45.1 Å². The molecule has 3 fully saturated rings. The number of hydrogen-bond acceptors (Lipinski definition) is 7. The van der Waals surface area contributed by atoms with E-state index in [0.717, 1.165) is 76.6 Å². The van der Waals surface area contributed by atoms with Gasteiger partial charge in [-0.25, -0.2) is 0 Å². The van der Waals surface area contributed by atoms with E-state index in [9.17, 15) is 4.79 Å². The third-order valence-corrected chi connectivity index (χ3v) is 6.51. The Balaban J connectivity index is 1.33. The predicted molar refractivity (Wildman–Crippen MR) is 111 cm³/mol. The highest BCUT2D eigenvalue weighted by molar-refractivity contribution is 5.79. The van der Waals surface area contributed by atoms with Gasteiger partial charge in [0.15, 0.2) is 0 Å². The van der Waals surface area contributed by atoms with Crippen molar-refractivity contribution in [1.82, 2.24) is 19.8 Å². The number of rotatable bonds is 4. The fourth-order valence-corrected chi connectivity index (χ4v) is 4.94. The lowest BCUT2D eigenvalue weighted by atomic mass is 9.93. The average Bonchev–Trinajstić information content (AvgIpc) is 3.28. The maximum atomic E-state index is 12.8. The van der Waals surface area contributed by atoms with Crippen molar-refractivity contribution in [3.63, 3.8) is 0 Å². The molecule has 28 heavy (non-hydrogen) atoms. The van der Waals surface area contributed by atoms with Gasteiger partial charge in [0.1, 0.15) is 11.6 Å². The van der Waals surface area contributed by atoms with Gasteiger partial charge in [-0.1, -0.05) is 0 Å². The quantitative estimate of drug-likeness (QED) is 0.807. The molecule has 3 saturated heterocycles. The number of likely N-dealkylation sites (tertiary alicyclic amines) is 2. The number of aromatic nitrogens is 2. The van der Waals surface area contributed by atoms with Gasteiger partial charge >= 0.3 is 0 Å². The molecule has 3 aliphatic heterocycles. The Kier molecular flexibility index (Phi) is 5.85. The number of carbonyl (C=O) groups excluding carboxylic acids is 1. The van der Waals surface area contributed by atoms with Crippen LogP contribution in [0, 0.1) is 5.92 Å². The highest BCUT2D eigenvalue weighted by Crippen LogP contribution is 2.28. The fraction of sp³-hybridized carbons (Fsp3) is 0.750. The van der Waals surface area contributed by atoms with Gasteiger partial charge in [-0.3, -0.25) is 9.69 Å². The minimum atomic E-state index is 0.199. The molecule has 8 nitrogen and oxygen atoms in total. The van der Waals surface area contributed by atoms with Crippen LogP contribution in [0.1, 0.15) is 38.5 Å². The van der Waals surface area contributed by atoms with Gasteiger partial charge in [0.25, 0.3) is 0 Å². The third kappa shape index (κ3) is 4.16. The lowest BCUT2D eigenvalue weighted by Crippen LogP contribution is -2.51. The van der Waals surface area contributed by atoms with Gasteiger partial charge in [0.05, 0.1) is 5.92 Å². The average molecular weight is 388 g/mol. The molecule has 0 spiro atoms. The van der Waals surface area contributed by atoms with E-state index in [-0.39, 0.29) is 5.92 Å². The van der Waals surface area contributed by atoms with Crippen molar-refractivity contribution in [2.24, 2.45) is 5.92 Å². The van der Waals surface area contributed by atoms with E-state index in [1.54, 1.807) is 0 Å². The van der Waals surface area contributed by atoms with E-state index in [1.165, 1.54) is 12.8 Å². The molecule has 0 aliphatic carbocycles. The van der Waals surface area contributed by atoms with E-state index in [2.05, 4.69) is 30.0 Å². The van der Waals surface area contributed by atoms with Crippen molar-refractivity contribution in [2.75, 3.05) is 62.3 Å². The number of hydrogen-bond donors (Lipinski definition) is 2. The van der Waals surface area contributed by atoms with Crippen molar-refractivity contribution in [2.45, 2.75) is 44.6 Å². The van der Waals surface area contributed by atoms with E-state index in [4.69, 9.17) is 5.73 Å².